The molecule has 100 valence electrons. The molecule has 0 fully saturated rings. The predicted molar refractivity (Wildman–Crippen MR) is 82.4 cm³/mol. The lowest BCUT2D eigenvalue weighted by Crippen LogP contribution is -2.11. The van der Waals surface area contributed by atoms with Crippen molar-refractivity contribution in [3.63, 3.8) is 0 Å². The number of anilines is 1. The Balaban J connectivity index is 2.64. The van der Waals surface area contributed by atoms with Crippen molar-refractivity contribution >= 4 is 27.5 Å². The van der Waals surface area contributed by atoms with E-state index in [1.165, 1.54) is 0 Å². The molecule has 1 heterocycles. The lowest BCUT2D eigenvalue weighted by atomic mass is 9.94. The van der Waals surface area contributed by atoms with Crippen molar-refractivity contribution in [2.45, 2.75) is 20.3 Å². The van der Waals surface area contributed by atoms with E-state index in [1.54, 1.807) is 0 Å². The number of hydrazine groups is 1. The fraction of sp³-hybridized carbons (Fsp3) is 0.188. The molecule has 0 aliphatic carbocycles. The van der Waals surface area contributed by atoms with Crippen LogP contribution in [-0.2, 0) is 6.42 Å². The van der Waals surface area contributed by atoms with E-state index in [4.69, 9.17) is 5.84 Å². The second kappa shape index (κ2) is 4.55. The van der Waals surface area contributed by atoms with Crippen LogP contribution in [0.25, 0.3) is 21.8 Å². The number of benzene rings is 2. The first-order valence-corrected chi connectivity index (χ1v) is 6.65. The van der Waals surface area contributed by atoms with Gasteiger partial charge in [0.2, 0.25) is 0 Å². The van der Waals surface area contributed by atoms with Gasteiger partial charge in [-0.15, -0.1) is 0 Å². The van der Waals surface area contributed by atoms with E-state index in [-0.39, 0.29) is 0 Å². The van der Waals surface area contributed by atoms with Gasteiger partial charge in [0, 0.05) is 16.3 Å². The summed E-state index contributed by atoms with van der Waals surface area (Å²) in [7, 11) is 0. The Labute approximate surface area is 117 Å². The summed E-state index contributed by atoms with van der Waals surface area (Å²) in [5.74, 6) is 5.76. The highest BCUT2D eigenvalue weighted by molar-refractivity contribution is 6.16. The molecule has 0 aliphatic heterocycles. The van der Waals surface area contributed by atoms with E-state index in [2.05, 4.69) is 23.4 Å². The molecule has 4 N–H and O–H groups in total. The first-order chi connectivity index (χ1) is 9.72. The highest BCUT2D eigenvalue weighted by Crippen LogP contribution is 2.38. The van der Waals surface area contributed by atoms with Crippen LogP contribution in [0.4, 0.5) is 5.69 Å². The number of nitrogens with zero attached hydrogens (tertiary/aromatic N) is 1. The first-order valence-electron chi connectivity index (χ1n) is 6.65. The summed E-state index contributed by atoms with van der Waals surface area (Å²) in [6.07, 6.45) is 0.829. The minimum Gasteiger partial charge on any atom is -0.353 e. The van der Waals surface area contributed by atoms with Gasteiger partial charge in [0.1, 0.15) is 6.07 Å². The SMILES string of the molecule is CCc1c(C)c(C#N)c2[nH]c3ccccc3c2c1NN. The normalized spacial score (nSPS) is 10.9. The van der Waals surface area contributed by atoms with Crippen molar-refractivity contribution < 1.29 is 0 Å². The average molecular weight is 264 g/mol. The van der Waals surface area contributed by atoms with Crippen LogP contribution in [0, 0.1) is 18.3 Å². The molecule has 0 spiro atoms. The van der Waals surface area contributed by atoms with Crippen molar-refractivity contribution in [1.82, 2.24) is 4.98 Å². The van der Waals surface area contributed by atoms with E-state index in [0.29, 0.717) is 5.56 Å². The maximum Gasteiger partial charge on any atom is 0.102 e. The lowest BCUT2D eigenvalue weighted by molar-refractivity contribution is 1.10. The monoisotopic (exact) mass is 264 g/mol. The molecule has 0 aliphatic rings. The van der Waals surface area contributed by atoms with Gasteiger partial charge < -0.3 is 10.4 Å². The number of fused-ring (bicyclic) bond motifs is 3. The van der Waals surface area contributed by atoms with Crippen LogP contribution in [0.5, 0.6) is 0 Å². The van der Waals surface area contributed by atoms with Crippen LogP contribution in [0.1, 0.15) is 23.6 Å². The third kappa shape index (κ3) is 1.50. The Morgan fingerprint density at radius 1 is 1.35 bits per heavy atom. The molecule has 4 nitrogen and oxygen atoms in total. The zero-order valence-corrected chi connectivity index (χ0v) is 11.5. The summed E-state index contributed by atoms with van der Waals surface area (Å²) in [4.78, 5) is 3.35. The van der Waals surface area contributed by atoms with Gasteiger partial charge in [-0.1, -0.05) is 25.1 Å². The maximum atomic E-state index is 9.50. The summed E-state index contributed by atoms with van der Waals surface area (Å²) >= 11 is 0. The Bertz CT molecular complexity index is 852. The number of para-hydroxylation sites is 1. The van der Waals surface area contributed by atoms with E-state index in [0.717, 1.165) is 45.0 Å². The summed E-state index contributed by atoms with van der Waals surface area (Å²) in [6.45, 7) is 4.05. The number of rotatable bonds is 2. The molecule has 0 atom stereocenters. The van der Waals surface area contributed by atoms with Crippen LogP contribution in [0.2, 0.25) is 0 Å². The summed E-state index contributed by atoms with van der Waals surface area (Å²) in [6, 6.07) is 10.4. The standard InChI is InChI=1S/C16H16N4/c1-3-10-9(2)12(8-17)15-14(16(10)20-18)11-6-4-5-7-13(11)19-15/h4-7,19-20H,3,18H2,1-2H3. The van der Waals surface area contributed by atoms with Crippen LogP contribution >= 0.6 is 0 Å². The fourth-order valence-electron chi connectivity index (χ4n) is 3.01. The van der Waals surface area contributed by atoms with Crippen molar-refractivity contribution in [2.24, 2.45) is 5.84 Å². The number of aromatic nitrogens is 1. The minimum absolute atomic E-state index is 0.701. The van der Waals surface area contributed by atoms with E-state index in [9.17, 15) is 5.26 Å². The molecule has 0 radical (unpaired) electrons. The molecule has 3 rings (SSSR count). The highest BCUT2D eigenvalue weighted by atomic mass is 15.2. The van der Waals surface area contributed by atoms with Crippen LogP contribution in [0.15, 0.2) is 24.3 Å². The molecule has 20 heavy (non-hydrogen) atoms. The summed E-state index contributed by atoms with van der Waals surface area (Å²) in [5, 5.41) is 11.6. The number of nitrogens with one attached hydrogen (secondary N) is 2. The quantitative estimate of drug-likeness (QED) is 0.490. The molecule has 1 aromatic heterocycles. The maximum absolute atomic E-state index is 9.50. The third-order valence-corrected chi connectivity index (χ3v) is 3.95. The topological polar surface area (TPSA) is 77.6 Å². The van der Waals surface area contributed by atoms with Crippen LogP contribution < -0.4 is 11.3 Å². The predicted octanol–water partition coefficient (Wildman–Crippen LogP) is 3.35. The molecule has 3 aromatic rings. The van der Waals surface area contributed by atoms with Gasteiger partial charge in [0.25, 0.3) is 0 Å². The number of hydrogen-bond acceptors (Lipinski definition) is 3. The number of H-pyrrole nitrogens is 1. The molecule has 0 amide bonds. The van der Waals surface area contributed by atoms with Crippen molar-refractivity contribution in [3.8, 4) is 6.07 Å². The van der Waals surface area contributed by atoms with Gasteiger partial charge in [-0.05, 0) is 30.5 Å². The van der Waals surface area contributed by atoms with Gasteiger partial charge in [-0.2, -0.15) is 5.26 Å². The van der Waals surface area contributed by atoms with Crippen molar-refractivity contribution in [3.05, 3.63) is 41.0 Å². The fourth-order valence-corrected chi connectivity index (χ4v) is 3.01. The second-order valence-electron chi connectivity index (χ2n) is 4.88. The number of nitrogen functional groups attached to an aromatic ring is 1. The smallest absolute Gasteiger partial charge is 0.102 e. The van der Waals surface area contributed by atoms with E-state index >= 15 is 0 Å². The lowest BCUT2D eigenvalue weighted by Gasteiger charge is -2.14. The molecule has 2 aromatic carbocycles. The van der Waals surface area contributed by atoms with E-state index < -0.39 is 0 Å². The summed E-state index contributed by atoms with van der Waals surface area (Å²) in [5.41, 5.74) is 8.41. The molecular weight excluding hydrogens is 248 g/mol. The Hall–Kier alpha value is -2.51. The molecular formula is C16H16N4. The third-order valence-electron chi connectivity index (χ3n) is 3.95. The van der Waals surface area contributed by atoms with Gasteiger partial charge >= 0.3 is 0 Å². The zero-order chi connectivity index (χ0) is 14.3. The Morgan fingerprint density at radius 3 is 2.75 bits per heavy atom. The number of aromatic amines is 1. The Morgan fingerprint density at radius 2 is 2.10 bits per heavy atom. The van der Waals surface area contributed by atoms with Gasteiger partial charge in [0.05, 0.1) is 16.8 Å². The first kappa shape index (κ1) is 12.5. The molecule has 0 saturated heterocycles. The summed E-state index contributed by atoms with van der Waals surface area (Å²) < 4.78 is 0. The largest absolute Gasteiger partial charge is 0.353 e. The van der Waals surface area contributed by atoms with E-state index in [1.807, 2.05) is 31.2 Å². The molecule has 0 saturated carbocycles. The highest BCUT2D eigenvalue weighted by Gasteiger charge is 2.18. The van der Waals surface area contributed by atoms with Crippen LogP contribution in [0.3, 0.4) is 0 Å². The molecule has 0 unspecified atom stereocenters. The van der Waals surface area contributed by atoms with Crippen molar-refractivity contribution in [1.29, 1.82) is 5.26 Å². The van der Waals surface area contributed by atoms with Crippen molar-refractivity contribution in [2.75, 3.05) is 5.43 Å². The Kier molecular flexibility index (Phi) is 2.85. The van der Waals surface area contributed by atoms with Gasteiger partial charge in [-0.3, -0.25) is 5.84 Å². The average Bonchev–Trinajstić information content (AvgIpc) is 2.84. The van der Waals surface area contributed by atoms with Gasteiger partial charge in [-0.25, -0.2) is 0 Å². The molecule has 0 bridgehead atoms. The number of hydrogen-bond donors (Lipinski definition) is 3. The number of nitriles is 1. The zero-order valence-electron chi connectivity index (χ0n) is 11.5. The van der Waals surface area contributed by atoms with Crippen LogP contribution in [-0.4, -0.2) is 4.98 Å². The molecule has 4 heteroatoms. The van der Waals surface area contributed by atoms with Gasteiger partial charge in [0.15, 0.2) is 0 Å². The number of nitrogens with two attached hydrogens (primary N) is 1. The second-order valence-corrected chi connectivity index (χ2v) is 4.88. The minimum atomic E-state index is 0.701.